The monoisotopic (exact) mass is 414 g/mol. The van der Waals surface area contributed by atoms with Crippen molar-refractivity contribution in [3.63, 3.8) is 0 Å². The number of hydrogen-bond donors (Lipinski definition) is 1. The molecule has 0 aliphatic carbocycles. The number of aryl methyl sites for hydroxylation is 2. The fourth-order valence-corrected chi connectivity index (χ4v) is 5.67. The highest BCUT2D eigenvalue weighted by Crippen LogP contribution is 2.27. The Kier molecular flexibility index (Phi) is 7.09. The molecule has 0 radical (unpaired) electrons. The summed E-state index contributed by atoms with van der Waals surface area (Å²) >= 11 is 0. The third-order valence-electron chi connectivity index (χ3n) is 5.59. The lowest BCUT2D eigenvalue weighted by Crippen LogP contribution is -2.40. The first kappa shape index (κ1) is 21.5. The molecule has 2 aromatic rings. The zero-order valence-corrected chi connectivity index (χ0v) is 18.0. The minimum atomic E-state index is -3.49. The Hall–Kier alpha value is -2.18. The number of nitrogens with zero attached hydrogens (tertiary/aromatic N) is 1. The van der Waals surface area contributed by atoms with Crippen LogP contribution < -0.4 is 5.32 Å². The second kappa shape index (κ2) is 9.55. The maximum absolute atomic E-state index is 13.0. The van der Waals surface area contributed by atoms with Gasteiger partial charge in [0.2, 0.25) is 15.9 Å². The van der Waals surface area contributed by atoms with Crippen molar-refractivity contribution in [2.45, 2.75) is 50.8 Å². The summed E-state index contributed by atoms with van der Waals surface area (Å²) in [6.07, 6.45) is 3.81. The lowest BCUT2D eigenvalue weighted by atomic mass is 9.94. The maximum Gasteiger partial charge on any atom is 0.243 e. The van der Waals surface area contributed by atoms with Crippen molar-refractivity contribution in [1.29, 1.82) is 0 Å². The number of carbonyl (C=O) groups excluding carboxylic acids is 1. The van der Waals surface area contributed by atoms with Crippen LogP contribution >= 0.6 is 0 Å². The Labute approximate surface area is 174 Å². The van der Waals surface area contributed by atoms with E-state index in [0.717, 1.165) is 30.5 Å². The largest absolute Gasteiger partial charge is 0.326 e. The highest BCUT2D eigenvalue weighted by Gasteiger charge is 2.31. The van der Waals surface area contributed by atoms with Crippen LogP contribution in [0.4, 0.5) is 5.69 Å². The van der Waals surface area contributed by atoms with Gasteiger partial charge in [-0.2, -0.15) is 4.31 Å². The first-order valence-electron chi connectivity index (χ1n) is 10.3. The summed E-state index contributed by atoms with van der Waals surface area (Å²) in [7, 11) is -3.49. The molecule has 5 nitrogen and oxygen atoms in total. The molecule has 29 heavy (non-hydrogen) atoms. The summed E-state index contributed by atoms with van der Waals surface area (Å²) in [5.74, 6) is 0.187. The molecular formula is C23H30N2O3S. The maximum atomic E-state index is 13.0. The molecule has 1 aliphatic heterocycles. The van der Waals surface area contributed by atoms with Crippen molar-refractivity contribution in [2.24, 2.45) is 5.92 Å². The number of hydrogen-bond acceptors (Lipinski definition) is 3. The van der Waals surface area contributed by atoms with Crippen molar-refractivity contribution in [2.75, 3.05) is 18.4 Å². The number of piperidine rings is 1. The summed E-state index contributed by atoms with van der Waals surface area (Å²) in [6, 6.07) is 15.0. The van der Waals surface area contributed by atoms with Gasteiger partial charge >= 0.3 is 0 Å². The van der Waals surface area contributed by atoms with Crippen molar-refractivity contribution in [3.8, 4) is 0 Å². The van der Waals surface area contributed by atoms with Crippen LogP contribution in [0.1, 0.15) is 43.7 Å². The molecule has 1 saturated heterocycles. The molecule has 156 valence electrons. The summed E-state index contributed by atoms with van der Waals surface area (Å²) in [6.45, 7) is 4.94. The van der Waals surface area contributed by atoms with Gasteiger partial charge in [0.05, 0.1) is 4.90 Å². The number of anilines is 1. The number of nitrogens with one attached hydrogen (secondary N) is 1. The van der Waals surface area contributed by atoms with Gasteiger partial charge in [0.15, 0.2) is 0 Å². The molecule has 1 amide bonds. The van der Waals surface area contributed by atoms with E-state index in [1.165, 1.54) is 5.56 Å². The van der Waals surface area contributed by atoms with E-state index in [1.54, 1.807) is 16.4 Å². The van der Waals surface area contributed by atoms with Crippen molar-refractivity contribution >= 4 is 21.6 Å². The van der Waals surface area contributed by atoms with E-state index < -0.39 is 10.0 Å². The van der Waals surface area contributed by atoms with Crippen molar-refractivity contribution in [3.05, 3.63) is 59.7 Å². The minimum absolute atomic E-state index is 0.0165. The van der Waals surface area contributed by atoms with Crippen LogP contribution in [0.2, 0.25) is 0 Å². The van der Waals surface area contributed by atoms with Gasteiger partial charge in [-0.1, -0.05) is 37.3 Å². The topological polar surface area (TPSA) is 66.5 Å². The van der Waals surface area contributed by atoms with Gasteiger partial charge in [0, 0.05) is 25.2 Å². The van der Waals surface area contributed by atoms with Gasteiger partial charge < -0.3 is 5.32 Å². The highest BCUT2D eigenvalue weighted by molar-refractivity contribution is 7.89. The summed E-state index contributed by atoms with van der Waals surface area (Å²) in [5, 5.41) is 2.96. The van der Waals surface area contributed by atoms with Crippen LogP contribution in [-0.2, 0) is 21.2 Å². The summed E-state index contributed by atoms with van der Waals surface area (Å²) < 4.78 is 27.7. The first-order chi connectivity index (χ1) is 13.9. The summed E-state index contributed by atoms with van der Waals surface area (Å²) in [4.78, 5) is 12.7. The number of carbonyl (C=O) groups is 1. The number of amides is 1. The van der Waals surface area contributed by atoms with Crippen LogP contribution in [-0.4, -0.2) is 31.7 Å². The smallest absolute Gasteiger partial charge is 0.243 e. The Morgan fingerprint density at radius 2 is 1.97 bits per heavy atom. The van der Waals surface area contributed by atoms with Crippen LogP contribution in [0.25, 0.3) is 0 Å². The molecule has 1 heterocycles. The molecule has 0 saturated carbocycles. The number of rotatable bonds is 7. The van der Waals surface area contributed by atoms with E-state index in [-0.39, 0.29) is 11.8 Å². The molecule has 6 heteroatoms. The first-order valence-corrected chi connectivity index (χ1v) is 11.8. The Morgan fingerprint density at radius 1 is 1.17 bits per heavy atom. The standard InChI is InChI=1S/C23H30N2O3S/c1-3-19-9-6-11-21(16-19)24-23(26)14-13-20-10-7-15-25(17-20)29(27,28)22-12-5-4-8-18(22)2/h4-6,8-9,11-12,16,20H,3,7,10,13-15,17H2,1-2H3,(H,24,26). The molecule has 1 aliphatic rings. The summed E-state index contributed by atoms with van der Waals surface area (Å²) in [5.41, 5.74) is 2.78. The predicted molar refractivity (Wildman–Crippen MR) is 116 cm³/mol. The van der Waals surface area contributed by atoms with Crippen LogP contribution in [0, 0.1) is 12.8 Å². The predicted octanol–water partition coefficient (Wildman–Crippen LogP) is 4.38. The van der Waals surface area contributed by atoms with Gasteiger partial charge in [-0.25, -0.2) is 8.42 Å². The lowest BCUT2D eigenvalue weighted by Gasteiger charge is -2.32. The molecule has 0 spiro atoms. The fourth-order valence-electron chi connectivity index (χ4n) is 3.89. The quantitative estimate of drug-likeness (QED) is 0.731. The Balaban J connectivity index is 1.57. The lowest BCUT2D eigenvalue weighted by molar-refractivity contribution is -0.116. The van der Waals surface area contributed by atoms with Gasteiger partial charge in [0.25, 0.3) is 0 Å². The molecule has 1 N–H and O–H groups in total. The second-order valence-electron chi connectivity index (χ2n) is 7.78. The second-order valence-corrected chi connectivity index (χ2v) is 9.68. The van der Waals surface area contributed by atoms with Gasteiger partial charge in [-0.15, -0.1) is 0 Å². The zero-order valence-electron chi connectivity index (χ0n) is 17.2. The van der Waals surface area contributed by atoms with Crippen molar-refractivity contribution in [1.82, 2.24) is 4.31 Å². The molecule has 1 atom stereocenters. The Bertz CT molecular complexity index is 956. The van der Waals surface area contributed by atoms with E-state index in [0.29, 0.717) is 30.8 Å². The zero-order chi connectivity index (χ0) is 20.9. The van der Waals surface area contributed by atoms with Crippen LogP contribution in [0.15, 0.2) is 53.4 Å². The van der Waals surface area contributed by atoms with Gasteiger partial charge in [-0.05, 0) is 67.9 Å². The van der Waals surface area contributed by atoms with Gasteiger partial charge in [0.1, 0.15) is 0 Å². The molecular weight excluding hydrogens is 384 g/mol. The van der Waals surface area contributed by atoms with E-state index >= 15 is 0 Å². The average molecular weight is 415 g/mol. The molecule has 2 aromatic carbocycles. The van der Waals surface area contributed by atoms with Crippen LogP contribution in [0.5, 0.6) is 0 Å². The molecule has 0 aromatic heterocycles. The molecule has 3 rings (SSSR count). The fraction of sp³-hybridized carbons (Fsp3) is 0.435. The van der Waals surface area contributed by atoms with Crippen LogP contribution in [0.3, 0.4) is 0 Å². The molecule has 0 bridgehead atoms. The minimum Gasteiger partial charge on any atom is -0.326 e. The van der Waals surface area contributed by atoms with Crippen molar-refractivity contribution < 1.29 is 13.2 Å². The normalized spacial score (nSPS) is 17.8. The van der Waals surface area contributed by atoms with E-state index in [2.05, 4.69) is 12.2 Å². The third kappa shape index (κ3) is 5.46. The van der Waals surface area contributed by atoms with E-state index in [1.807, 2.05) is 43.3 Å². The average Bonchev–Trinajstić information content (AvgIpc) is 2.73. The Morgan fingerprint density at radius 3 is 2.72 bits per heavy atom. The molecule has 1 fully saturated rings. The number of benzene rings is 2. The van der Waals surface area contributed by atoms with E-state index in [9.17, 15) is 13.2 Å². The third-order valence-corrected chi connectivity index (χ3v) is 7.62. The van der Waals surface area contributed by atoms with Gasteiger partial charge in [-0.3, -0.25) is 4.79 Å². The SMILES string of the molecule is CCc1cccc(NC(=O)CCC2CCCN(S(=O)(=O)c3ccccc3C)C2)c1. The number of sulfonamides is 1. The van der Waals surface area contributed by atoms with E-state index in [4.69, 9.17) is 0 Å². The molecule has 1 unspecified atom stereocenters. The highest BCUT2D eigenvalue weighted by atomic mass is 32.2.